The van der Waals surface area contributed by atoms with E-state index in [-0.39, 0.29) is 0 Å². The summed E-state index contributed by atoms with van der Waals surface area (Å²) in [5.41, 5.74) is 1.25. The first-order chi connectivity index (χ1) is 8.34. The number of rotatable bonds is 2. The minimum absolute atomic E-state index is 0.411. The van der Waals surface area contributed by atoms with Crippen LogP contribution in [0.4, 0.5) is 0 Å². The van der Waals surface area contributed by atoms with Gasteiger partial charge >= 0.3 is 0 Å². The Morgan fingerprint density at radius 3 is 2.94 bits per heavy atom. The number of hydrogen-bond acceptors (Lipinski definition) is 4. The van der Waals surface area contributed by atoms with E-state index in [0.29, 0.717) is 5.75 Å². The van der Waals surface area contributed by atoms with Crippen LogP contribution in [0, 0.1) is 0 Å². The van der Waals surface area contributed by atoms with E-state index in [4.69, 9.17) is 0 Å². The summed E-state index contributed by atoms with van der Waals surface area (Å²) in [6, 6.07) is 5.75. The molecule has 17 heavy (non-hydrogen) atoms. The second kappa shape index (κ2) is 4.64. The second-order valence-electron chi connectivity index (χ2n) is 4.44. The van der Waals surface area contributed by atoms with Crippen molar-refractivity contribution in [2.24, 2.45) is 0 Å². The fraction of sp³-hybridized carbons (Fsp3) is 0.385. The summed E-state index contributed by atoms with van der Waals surface area (Å²) < 4.78 is 1.18. The van der Waals surface area contributed by atoms with Crippen LogP contribution in [0.3, 0.4) is 0 Å². The summed E-state index contributed by atoms with van der Waals surface area (Å²) in [5, 5.41) is 16.5. The molecule has 2 N–H and O–H groups in total. The average Bonchev–Trinajstić information content (AvgIpc) is 2.75. The molecule has 1 aliphatic rings. The molecule has 0 atom stereocenters. The third-order valence-electron chi connectivity index (χ3n) is 3.26. The summed E-state index contributed by atoms with van der Waals surface area (Å²) in [6.45, 7) is 5.25. The smallest absolute Gasteiger partial charge is 0.124 e. The number of fused-ring (bicyclic) bond motifs is 1. The molecule has 1 aromatic carbocycles. The van der Waals surface area contributed by atoms with Crippen LogP contribution in [0.2, 0.25) is 0 Å². The number of aromatic hydroxyl groups is 1. The highest BCUT2D eigenvalue weighted by Gasteiger charge is 2.14. The molecule has 0 saturated carbocycles. The topological polar surface area (TPSA) is 35.5 Å². The van der Waals surface area contributed by atoms with E-state index in [2.05, 4.69) is 21.7 Å². The first-order valence-corrected chi connectivity index (χ1v) is 6.84. The quantitative estimate of drug-likeness (QED) is 0.853. The van der Waals surface area contributed by atoms with E-state index < -0.39 is 0 Å². The summed E-state index contributed by atoms with van der Waals surface area (Å²) in [5.74, 6) is 0.411. The van der Waals surface area contributed by atoms with Crippen molar-refractivity contribution in [1.82, 2.24) is 10.2 Å². The Hall–Kier alpha value is -1.10. The first-order valence-electron chi connectivity index (χ1n) is 5.96. The van der Waals surface area contributed by atoms with Crippen LogP contribution in [0.15, 0.2) is 23.6 Å². The van der Waals surface area contributed by atoms with E-state index in [1.807, 2.05) is 6.07 Å². The van der Waals surface area contributed by atoms with Gasteiger partial charge in [-0.3, -0.25) is 4.90 Å². The van der Waals surface area contributed by atoms with Crippen LogP contribution in [0.1, 0.15) is 5.56 Å². The number of hydrogen-bond donors (Lipinski definition) is 2. The van der Waals surface area contributed by atoms with Crippen LogP contribution in [-0.2, 0) is 6.54 Å². The lowest BCUT2D eigenvalue weighted by Crippen LogP contribution is -2.42. The van der Waals surface area contributed by atoms with Crippen LogP contribution >= 0.6 is 11.3 Å². The number of benzene rings is 1. The monoisotopic (exact) mass is 248 g/mol. The Morgan fingerprint density at radius 1 is 1.29 bits per heavy atom. The zero-order valence-electron chi connectivity index (χ0n) is 9.65. The van der Waals surface area contributed by atoms with Gasteiger partial charge in [0.05, 0.1) is 0 Å². The molecule has 0 radical (unpaired) electrons. The number of nitrogens with one attached hydrogen (secondary N) is 1. The number of nitrogens with zero attached hydrogens (tertiary/aromatic N) is 1. The minimum Gasteiger partial charge on any atom is -0.507 e. The number of phenolic OH excluding ortho intramolecular Hbond substituents is 1. The molecule has 0 spiro atoms. The first kappa shape index (κ1) is 11.0. The maximum Gasteiger partial charge on any atom is 0.124 e. The summed E-state index contributed by atoms with van der Waals surface area (Å²) in [4.78, 5) is 2.43. The van der Waals surface area contributed by atoms with E-state index in [9.17, 15) is 5.11 Å². The lowest BCUT2D eigenvalue weighted by Gasteiger charge is -2.26. The van der Waals surface area contributed by atoms with Gasteiger partial charge in [-0.1, -0.05) is 6.07 Å². The lowest BCUT2D eigenvalue weighted by molar-refractivity contribution is 0.234. The van der Waals surface area contributed by atoms with Gasteiger partial charge in [-0.05, 0) is 23.1 Å². The van der Waals surface area contributed by atoms with Crippen LogP contribution in [-0.4, -0.2) is 36.2 Å². The third kappa shape index (κ3) is 2.16. The Labute approximate surface area is 105 Å². The normalized spacial score (nSPS) is 17.6. The van der Waals surface area contributed by atoms with Crippen molar-refractivity contribution in [1.29, 1.82) is 0 Å². The van der Waals surface area contributed by atoms with Crippen molar-refractivity contribution in [3.05, 3.63) is 29.1 Å². The van der Waals surface area contributed by atoms with Gasteiger partial charge in [0.1, 0.15) is 5.75 Å². The van der Waals surface area contributed by atoms with Crippen molar-refractivity contribution < 1.29 is 5.11 Å². The van der Waals surface area contributed by atoms with Crippen molar-refractivity contribution in [2.75, 3.05) is 26.2 Å². The lowest BCUT2D eigenvalue weighted by atomic mass is 10.1. The maximum atomic E-state index is 9.95. The van der Waals surface area contributed by atoms with Gasteiger partial charge in [-0.25, -0.2) is 0 Å². The highest BCUT2D eigenvalue weighted by molar-refractivity contribution is 7.17. The molecule has 0 aliphatic carbocycles. The van der Waals surface area contributed by atoms with Gasteiger partial charge in [0, 0.05) is 42.8 Å². The largest absolute Gasteiger partial charge is 0.507 e. The number of piperazine rings is 1. The van der Waals surface area contributed by atoms with Crippen molar-refractivity contribution >= 4 is 21.4 Å². The fourth-order valence-corrected chi connectivity index (χ4v) is 3.33. The fourth-order valence-electron chi connectivity index (χ4n) is 2.36. The molecule has 1 fully saturated rings. The molecule has 2 aromatic rings. The zero-order chi connectivity index (χ0) is 11.7. The molecule has 1 aromatic heterocycles. The number of thiophene rings is 1. The highest BCUT2D eigenvalue weighted by atomic mass is 32.1. The van der Waals surface area contributed by atoms with Crippen LogP contribution in [0.25, 0.3) is 10.1 Å². The van der Waals surface area contributed by atoms with Gasteiger partial charge in [-0.2, -0.15) is 0 Å². The minimum atomic E-state index is 0.411. The molecule has 0 bridgehead atoms. The molecule has 3 rings (SSSR count). The summed E-state index contributed by atoms with van der Waals surface area (Å²) >= 11 is 1.71. The van der Waals surface area contributed by atoms with Crippen molar-refractivity contribution in [3.63, 3.8) is 0 Å². The molecule has 90 valence electrons. The van der Waals surface area contributed by atoms with Gasteiger partial charge in [0.25, 0.3) is 0 Å². The Morgan fingerprint density at radius 2 is 2.12 bits per heavy atom. The molecular formula is C13H16N2OS. The van der Waals surface area contributed by atoms with Crippen LogP contribution < -0.4 is 5.32 Å². The molecular weight excluding hydrogens is 232 g/mol. The molecule has 3 nitrogen and oxygen atoms in total. The van der Waals surface area contributed by atoms with Gasteiger partial charge in [-0.15, -0.1) is 11.3 Å². The molecule has 2 heterocycles. The Kier molecular flexibility index (Phi) is 3.01. The second-order valence-corrected chi connectivity index (χ2v) is 5.35. The SMILES string of the molecule is Oc1cccc2scc(CN3CCNCC3)c12. The predicted octanol–water partition coefficient (Wildman–Crippen LogP) is 2.01. The van der Waals surface area contributed by atoms with Gasteiger partial charge < -0.3 is 10.4 Å². The van der Waals surface area contributed by atoms with E-state index in [1.54, 1.807) is 17.4 Å². The van der Waals surface area contributed by atoms with Crippen LogP contribution in [0.5, 0.6) is 5.75 Å². The Bertz CT molecular complexity index is 517. The van der Waals surface area contributed by atoms with E-state index >= 15 is 0 Å². The van der Waals surface area contributed by atoms with Gasteiger partial charge in [0.15, 0.2) is 0 Å². The molecule has 4 heteroatoms. The molecule has 1 saturated heterocycles. The average molecular weight is 248 g/mol. The Balaban J connectivity index is 1.89. The maximum absolute atomic E-state index is 9.95. The van der Waals surface area contributed by atoms with E-state index in [0.717, 1.165) is 38.1 Å². The standard InChI is InChI=1S/C13H16N2OS/c16-11-2-1-3-12-13(11)10(9-17-12)8-15-6-4-14-5-7-15/h1-3,9,14,16H,4-8H2. The summed E-state index contributed by atoms with van der Waals surface area (Å²) in [7, 11) is 0. The summed E-state index contributed by atoms with van der Waals surface area (Å²) in [6.07, 6.45) is 0. The predicted molar refractivity (Wildman–Crippen MR) is 71.6 cm³/mol. The molecule has 0 amide bonds. The van der Waals surface area contributed by atoms with Gasteiger partial charge in [0.2, 0.25) is 0 Å². The number of phenols is 1. The molecule has 1 aliphatic heterocycles. The highest BCUT2D eigenvalue weighted by Crippen LogP contribution is 2.33. The molecule has 0 unspecified atom stereocenters. The van der Waals surface area contributed by atoms with Crippen molar-refractivity contribution in [3.8, 4) is 5.75 Å². The third-order valence-corrected chi connectivity index (χ3v) is 4.25. The van der Waals surface area contributed by atoms with E-state index in [1.165, 1.54) is 10.3 Å². The van der Waals surface area contributed by atoms with Crippen molar-refractivity contribution in [2.45, 2.75) is 6.54 Å². The zero-order valence-corrected chi connectivity index (χ0v) is 10.5.